The van der Waals surface area contributed by atoms with E-state index in [0.29, 0.717) is 11.0 Å². The van der Waals surface area contributed by atoms with Gasteiger partial charge in [-0.3, -0.25) is 0 Å². The van der Waals surface area contributed by atoms with E-state index in [4.69, 9.17) is 10.6 Å². The van der Waals surface area contributed by atoms with E-state index >= 15 is 0 Å². The normalized spacial score (nSPS) is 10.7. The predicted molar refractivity (Wildman–Crippen MR) is 86.9 cm³/mol. The third-order valence-corrected chi connectivity index (χ3v) is 4.15. The molecule has 0 radical (unpaired) electrons. The van der Waals surface area contributed by atoms with Gasteiger partial charge in [-0.15, -0.1) is 10.2 Å². The van der Waals surface area contributed by atoms with Gasteiger partial charge >= 0.3 is 0 Å². The molecule has 0 unspecified atom stereocenters. The Bertz CT molecular complexity index is 779. The molecule has 118 valence electrons. The molecule has 1 aromatic heterocycles. The van der Waals surface area contributed by atoms with Crippen molar-refractivity contribution in [3.05, 3.63) is 71.8 Å². The highest BCUT2D eigenvalue weighted by molar-refractivity contribution is 7.98. The largest absolute Gasteiger partial charge is 0.482 e. The van der Waals surface area contributed by atoms with E-state index in [0.717, 1.165) is 5.75 Å². The SMILES string of the molecule is Nn1c(COc2ccccc2F)nnc1SCc1ccccc1. The van der Waals surface area contributed by atoms with Crippen LogP contribution in [0.2, 0.25) is 0 Å². The van der Waals surface area contributed by atoms with Crippen LogP contribution in [0, 0.1) is 5.82 Å². The van der Waals surface area contributed by atoms with Crippen LogP contribution in [0.4, 0.5) is 4.39 Å². The number of thioether (sulfide) groups is 1. The second kappa shape index (κ2) is 7.15. The number of nitrogens with two attached hydrogens (primary N) is 1. The zero-order valence-electron chi connectivity index (χ0n) is 12.2. The summed E-state index contributed by atoms with van der Waals surface area (Å²) in [6.45, 7) is 0.0519. The van der Waals surface area contributed by atoms with Crippen molar-refractivity contribution in [2.75, 3.05) is 5.84 Å². The summed E-state index contributed by atoms with van der Waals surface area (Å²) in [6.07, 6.45) is 0. The minimum absolute atomic E-state index is 0.0519. The number of nitrogens with zero attached hydrogens (tertiary/aromatic N) is 3. The van der Waals surface area contributed by atoms with Crippen LogP contribution in [0.25, 0.3) is 0 Å². The second-order valence-electron chi connectivity index (χ2n) is 4.76. The Morgan fingerprint density at radius 3 is 2.57 bits per heavy atom. The van der Waals surface area contributed by atoms with E-state index in [1.165, 1.54) is 28.1 Å². The molecule has 23 heavy (non-hydrogen) atoms. The van der Waals surface area contributed by atoms with E-state index in [9.17, 15) is 4.39 Å². The van der Waals surface area contributed by atoms with Gasteiger partial charge in [-0.25, -0.2) is 9.07 Å². The topological polar surface area (TPSA) is 66.0 Å². The molecule has 0 bridgehead atoms. The highest BCUT2D eigenvalue weighted by Gasteiger charge is 2.12. The maximum absolute atomic E-state index is 13.5. The lowest BCUT2D eigenvalue weighted by Gasteiger charge is -2.07. The molecule has 0 saturated carbocycles. The van der Waals surface area contributed by atoms with Gasteiger partial charge in [-0.05, 0) is 17.7 Å². The summed E-state index contributed by atoms with van der Waals surface area (Å²) in [7, 11) is 0. The van der Waals surface area contributed by atoms with Crippen LogP contribution in [-0.4, -0.2) is 14.9 Å². The first-order valence-corrected chi connectivity index (χ1v) is 7.96. The molecular formula is C16H15FN4OS. The molecule has 5 nitrogen and oxygen atoms in total. The molecular weight excluding hydrogens is 315 g/mol. The number of halogens is 1. The molecule has 1 heterocycles. The molecule has 7 heteroatoms. The Hall–Kier alpha value is -2.54. The first-order valence-electron chi connectivity index (χ1n) is 6.97. The first-order chi connectivity index (χ1) is 11.2. The number of ether oxygens (including phenoxy) is 1. The van der Waals surface area contributed by atoms with Crippen LogP contribution < -0.4 is 10.6 Å². The monoisotopic (exact) mass is 330 g/mol. The highest BCUT2D eigenvalue weighted by Crippen LogP contribution is 2.21. The molecule has 2 N–H and O–H groups in total. The Morgan fingerprint density at radius 1 is 1.04 bits per heavy atom. The van der Waals surface area contributed by atoms with Crippen molar-refractivity contribution in [3.63, 3.8) is 0 Å². The third-order valence-electron chi connectivity index (χ3n) is 3.14. The maximum atomic E-state index is 13.5. The molecule has 0 atom stereocenters. The van der Waals surface area contributed by atoms with Crippen molar-refractivity contribution in [2.24, 2.45) is 0 Å². The van der Waals surface area contributed by atoms with Crippen molar-refractivity contribution in [1.82, 2.24) is 14.9 Å². The first kappa shape index (κ1) is 15.4. The van der Waals surface area contributed by atoms with Crippen molar-refractivity contribution in [2.45, 2.75) is 17.5 Å². The lowest BCUT2D eigenvalue weighted by molar-refractivity contribution is 0.277. The van der Waals surface area contributed by atoms with Gasteiger partial charge < -0.3 is 10.6 Å². The Kier molecular flexibility index (Phi) is 4.77. The van der Waals surface area contributed by atoms with Gasteiger partial charge in [-0.2, -0.15) is 0 Å². The van der Waals surface area contributed by atoms with Gasteiger partial charge in [0, 0.05) is 5.75 Å². The molecule has 0 saturated heterocycles. The molecule has 3 rings (SSSR count). The summed E-state index contributed by atoms with van der Waals surface area (Å²) in [6, 6.07) is 16.2. The van der Waals surface area contributed by atoms with Crippen molar-refractivity contribution < 1.29 is 9.13 Å². The molecule has 0 aliphatic heterocycles. The van der Waals surface area contributed by atoms with Crippen LogP contribution in [0.3, 0.4) is 0 Å². The van der Waals surface area contributed by atoms with E-state index in [-0.39, 0.29) is 12.4 Å². The quantitative estimate of drug-likeness (QED) is 0.556. The summed E-state index contributed by atoms with van der Waals surface area (Å²) in [4.78, 5) is 0. The fourth-order valence-corrected chi connectivity index (χ4v) is 2.76. The zero-order chi connectivity index (χ0) is 16.1. The van der Waals surface area contributed by atoms with Crippen LogP contribution >= 0.6 is 11.8 Å². The lowest BCUT2D eigenvalue weighted by Crippen LogP contribution is -2.16. The Balaban J connectivity index is 1.62. The number of rotatable bonds is 6. The van der Waals surface area contributed by atoms with Gasteiger partial charge in [-0.1, -0.05) is 54.2 Å². The number of hydrogen-bond donors (Lipinski definition) is 1. The smallest absolute Gasteiger partial charge is 0.210 e. The predicted octanol–water partition coefficient (Wildman–Crippen LogP) is 3.00. The maximum Gasteiger partial charge on any atom is 0.210 e. The van der Waals surface area contributed by atoms with Crippen molar-refractivity contribution in [1.29, 1.82) is 0 Å². The summed E-state index contributed by atoms with van der Waals surface area (Å²) in [5.74, 6) is 6.88. The molecule has 0 spiro atoms. The number of hydrogen-bond acceptors (Lipinski definition) is 5. The molecule has 0 fully saturated rings. The molecule has 0 amide bonds. The highest BCUT2D eigenvalue weighted by atomic mass is 32.2. The van der Waals surface area contributed by atoms with Gasteiger partial charge in [0.1, 0.15) is 6.61 Å². The third kappa shape index (κ3) is 3.81. The average Bonchev–Trinajstić information content (AvgIpc) is 2.93. The van der Waals surface area contributed by atoms with E-state index < -0.39 is 5.82 Å². The van der Waals surface area contributed by atoms with Crippen LogP contribution in [0.5, 0.6) is 5.75 Å². The van der Waals surface area contributed by atoms with Crippen LogP contribution in [0.1, 0.15) is 11.4 Å². The van der Waals surface area contributed by atoms with Gasteiger partial charge in [0.05, 0.1) is 0 Å². The van der Waals surface area contributed by atoms with Gasteiger partial charge in [0.2, 0.25) is 5.16 Å². The Labute approximate surface area is 137 Å². The molecule has 0 aliphatic carbocycles. The summed E-state index contributed by atoms with van der Waals surface area (Å²) < 4.78 is 20.3. The Morgan fingerprint density at radius 2 is 1.78 bits per heavy atom. The minimum atomic E-state index is -0.422. The minimum Gasteiger partial charge on any atom is -0.482 e. The zero-order valence-corrected chi connectivity index (χ0v) is 13.0. The van der Waals surface area contributed by atoms with E-state index in [1.54, 1.807) is 18.2 Å². The van der Waals surface area contributed by atoms with E-state index in [1.807, 2.05) is 30.3 Å². The van der Waals surface area contributed by atoms with Gasteiger partial charge in [0.15, 0.2) is 17.4 Å². The van der Waals surface area contributed by atoms with E-state index in [2.05, 4.69) is 10.2 Å². The van der Waals surface area contributed by atoms with Crippen molar-refractivity contribution >= 4 is 11.8 Å². The molecule has 0 aliphatic rings. The van der Waals surface area contributed by atoms with Crippen molar-refractivity contribution in [3.8, 4) is 5.75 Å². The summed E-state index contributed by atoms with van der Waals surface area (Å²) >= 11 is 1.48. The number of nitrogen functional groups attached to an aromatic ring is 1. The second-order valence-corrected chi connectivity index (χ2v) is 5.70. The lowest BCUT2D eigenvalue weighted by atomic mass is 10.2. The van der Waals surface area contributed by atoms with Crippen LogP contribution in [0.15, 0.2) is 59.8 Å². The fraction of sp³-hybridized carbons (Fsp3) is 0.125. The number of benzene rings is 2. The number of aromatic nitrogens is 3. The number of para-hydroxylation sites is 1. The summed E-state index contributed by atoms with van der Waals surface area (Å²) in [5, 5.41) is 8.62. The van der Waals surface area contributed by atoms with Gasteiger partial charge in [0.25, 0.3) is 0 Å². The standard InChI is InChI=1S/C16H15FN4OS/c17-13-8-4-5-9-14(13)22-10-15-19-20-16(21(15)18)23-11-12-6-2-1-3-7-12/h1-9H,10-11,18H2. The molecule has 3 aromatic rings. The average molecular weight is 330 g/mol. The molecule has 2 aromatic carbocycles. The fourth-order valence-electron chi connectivity index (χ4n) is 1.93. The van der Waals surface area contributed by atoms with Crippen LogP contribution in [-0.2, 0) is 12.4 Å². The summed E-state index contributed by atoms with van der Waals surface area (Å²) in [5.41, 5.74) is 1.17.